The summed E-state index contributed by atoms with van der Waals surface area (Å²) in [6.45, 7) is 5.03. The van der Waals surface area contributed by atoms with Gasteiger partial charge in [0.15, 0.2) is 0 Å². The maximum atomic E-state index is 13.5. The van der Waals surface area contributed by atoms with E-state index >= 15 is 0 Å². The number of hydrogen-bond acceptors (Lipinski definition) is 3. The number of nitrogens with zero attached hydrogens (tertiary/aromatic N) is 2. The van der Waals surface area contributed by atoms with Gasteiger partial charge < -0.3 is 9.80 Å². The Balaban J connectivity index is 1.57. The Labute approximate surface area is 197 Å². The lowest BCUT2D eigenvalue weighted by Crippen LogP contribution is -2.59. The Morgan fingerprint density at radius 3 is 2.41 bits per heavy atom. The molecule has 2 aliphatic rings. The number of carbonyl (C=O) groups excluding carboxylic acids is 2. The fraction of sp³-hybridized carbons (Fsp3) is 0.462. The summed E-state index contributed by atoms with van der Waals surface area (Å²) in [6, 6.07) is 13.8. The van der Waals surface area contributed by atoms with Gasteiger partial charge in [-0.25, -0.2) is 0 Å². The average molecular weight is 474 g/mol. The molecule has 5 nitrogen and oxygen atoms in total. The second kappa shape index (κ2) is 9.41. The van der Waals surface area contributed by atoms with Crippen LogP contribution >= 0.6 is 0 Å². The predicted octanol–water partition coefficient (Wildman–Crippen LogP) is 4.68. The summed E-state index contributed by atoms with van der Waals surface area (Å²) in [6.07, 6.45) is -2.61. The number of hydrogen-bond donors (Lipinski definition) is 1. The molecule has 0 radical (unpaired) electrons. The summed E-state index contributed by atoms with van der Waals surface area (Å²) in [4.78, 5) is 29.9. The van der Waals surface area contributed by atoms with E-state index in [0.717, 1.165) is 18.6 Å². The summed E-state index contributed by atoms with van der Waals surface area (Å²) in [5.74, 6) is -0.0582. The van der Waals surface area contributed by atoms with Crippen LogP contribution in [0.4, 0.5) is 13.2 Å². The lowest BCUT2D eigenvalue weighted by Gasteiger charge is -2.45. The summed E-state index contributed by atoms with van der Waals surface area (Å²) < 4.78 is 39.7. The van der Waals surface area contributed by atoms with Crippen LogP contribution in [0.1, 0.15) is 54.6 Å². The van der Waals surface area contributed by atoms with Crippen LogP contribution in [-0.4, -0.2) is 46.4 Å². The largest absolute Gasteiger partial charge is 0.416 e. The van der Waals surface area contributed by atoms with E-state index in [1.807, 2.05) is 32.0 Å². The normalized spacial score (nSPS) is 21.2. The molecule has 2 aromatic carbocycles. The van der Waals surface area contributed by atoms with Crippen molar-refractivity contribution in [3.8, 4) is 0 Å². The van der Waals surface area contributed by atoms with Crippen molar-refractivity contribution in [1.29, 1.82) is 0 Å². The Morgan fingerprint density at radius 2 is 1.79 bits per heavy atom. The molecule has 0 aliphatic carbocycles. The van der Waals surface area contributed by atoms with E-state index in [2.05, 4.69) is 5.32 Å². The molecule has 0 aromatic heterocycles. The molecule has 1 spiro atoms. The van der Waals surface area contributed by atoms with Gasteiger partial charge in [-0.05, 0) is 35.7 Å². The van der Waals surface area contributed by atoms with Gasteiger partial charge in [-0.2, -0.15) is 13.2 Å². The van der Waals surface area contributed by atoms with Gasteiger partial charge in [0.2, 0.25) is 5.91 Å². The van der Waals surface area contributed by atoms with Crippen LogP contribution in [0.3, 0.4) is 0 Å². The fourth-order valence-electron chi connectivity index (χ4n) is 4.94. The molecule has 2 aromatic rings. The third kappa shape index (κ3) is 4.69. The van der Waals surface area contributed by atoms with Crippen LogP contribution in [0.5, 0.6) is 0 Å². The van der Waals surface area contributed by atoms with Crippen LogP contribution in [0, 0.1) is 5.92 Å². The van der Waals surface area contributed by atoms with Gasteiger partial charge >= 0.3 is 6.18 Å². The van der Waals surface area contributed by atoms with Crippen molar-refractivity contribution in [3.63, 3.8) is 0 Å². The van der Waals surface area contributed by atoms with Crippen LogP contribution in [0.15, 0.2) is 54.6 Å². The van der Waals surface area contributed by atoms with Gasteiger partial charge in [0.25, 0.3) is 5.91 Å². The Kier molecular flexibility index (Phi) is 6.71. The van der Waals surface area contributed by atoms with E-state index in [1.54, 1.807) is 28.0 Å². The maximum absolute atomic E-state index is 13.5. The number of halogens is 3. The smallest absolute Gasteiger partial charge is 0.338 e. The van der Waals surface area contributed by atoms with E-state index < -0.39 is 23.4 Å². The first-order valence-corrected chi connectivity index (χ1v) is 11.7. The summed E-state index contributed by atoms with van der Waals surface area (Å²) in [5, 5.41) is 3.54. The van der Waals surface area contributed by atoms with E-state index in [4.69, 9.17) is 0 Å². The number of benzene rings is 2. The minimum absolute atomic E-state index is 0.0531. The van der Waals surface area contributed by atoms with Gasteiger partial charge in [-0.3, -0.25) is 14.9 Å². The van der Waals surface area contributed by atoms with Crippen LogP contribution in [0.2, 0.25) is 0 Å². The van der Waals surface area contributed by atoms with Crippen molar-refractivity contribution in [3.05, 3.63) is 71.3 Å². The highest BCUT2D eigenvalue weighted by molar-refractivity contribution is 5.94. The number of alkyl halides is 3. The molecule has 182 valence electrons. The third-order valence-electron chi connectivity index (χ3n) is 7.18. The van der Waals surface area contributed by atoms with Crippen LogP contribution < -0.4 is 5.32 Å². The first-order valence-electron chi connectivity index (χ1n) is 11.7. The number of likely N-dealkylation sites (tertiary alicyclic amines) is 1. The van der Waals surface area contributed by atoms with E-state index in [1.165, 1.54) is 6.07 Å². The third-order valence-corrected chi connectivity index (χ3v) is 7.18. The van der Waals surface area contributed by atoms with E-state index in [9.17, 15) is 22.8 Å². The van der Waals surface area contributed by atoms with Crippen molar-refractivity contribution in [2.45, 2.75) is 57.5 Å². The molecular formula is C26H30F3N3O2. The quantitative estimate of drug-likeness (QED) is 0.686. The fourth-order valence-corrected chi connectivity index (χ4v) is 4.94. The highest BCUT2D eigenvalue weighted by Gasteiger charge is 2.52. The highest BCUT2D eigenvalue weighted by atomic mass is 19.4. The van der Waals surface area contributed by atoms with Gasteiger partial charge in [0, 0.05) is 38.0 Å². The molecule has 2 aliphatic heterocycles. The van der Waals surface area contributed by atoms with E-state index in [-0.39, 0.29) is 24.3 Å². The van der Waals surface area contributed by atoms with Crippen LogP contribution in [0.25, 0.3) is 0 Å². The summed E-state index contributed by atoms with van der Waals surface area (Å²) in [5.41, 5.74) is -0.350. The molecule has 2 saturated heterocycles. The molecule has 1 N–H and O–H groups in total. The zero-order chi connectivity index (χ0) is 24.5. The van der Waals surface area contributed by atoms with Gasteiger partial charge in [0.05, 0.1) is 17.3 Å². The highest BCUT2D eigenvalue weighted by Crippen LogP contribution is 2.37. The zero-order valence-electron chi connectivity index (χ0n) is 19.4. The molecule has 2 fully saturated rings. The standard InChI is InChI=1S/C26H30F3N3O2/c1-3-18(2)22-24(34)32(17-19-8-7-11-21(16-19)26(27,28)29)25(30-22)12-14-31(15-13-25)23(33)20-9-5-4-6-10-20/h4-11,16,18,22,30H,3,12-15,17H2,1-2H3/t18-,22-/m0/s1. The van der Waals surface area contributed by atoms with Crippen LogP contribution in [-0.2, 0) is 17.5 Å². The number of amides is 2. The molecule has 34 heavy (non-hydrogen) atoms. The average Bonchev–Trinajstić information content (AvgIpc) is 3.10. The number of nitrogens with one attached hydrogen (secondary N) is 1. The molecular weight excluding hydrogens is 443 g/mol. The predicted molar refractivity (Wildman–Crippen MR) is 123 cm³/mol. The number of piperidine rings is 1. The molecule has 0 unspecified atom stereocenters. The number of carbonyl (C=O) groups is 2. The molecule has 2 heterocycles. The van der Waals surface area contributed by atoms with Crippen molar-refractivity contribution in [2.24, 2.45) is 5.92 Å². The minimum Gasteiger partial charge on any atom is -0.338 e. The lowest BCUT2D eigenvalue weighted by atomic mass is 9.94. The van der Waals surface area contributed by atoms with Crippen molar-refractivity contribution >= 4 is 11.8 Å². The van der Waals surface area contributed by atoms with Crippen molar-refractivity contribution in [2.75, 3.05) is 13.1 Å². The van der Waals surface area contributed by atoms with E-state index in [0.29, 0.717) is 37.1 Å². The second-order valence-corrected chi connectivity index (χ2v) is 9.32. The van der Waals surface area contributed by atoms with Crippen molar-refractivity contribution < 1.29 is 22.8 Å². The Hall–Kier alpha value is -2.87. The molecule has 4 rings (SSSR count). The zero-order valence-corrected chi connectivity index (χ0v) is 19.4. The molecule has 0 saturated carbocycles. The Morgan fingerprint density at radius 1 is 1.12 bits per heavy atom. The molecule has 2 amide bonds. The monoisotopic (exact) mass is 473 g/mol. The summed E-state index contributed by atoms with van der Waals surface area (Å²) in [7, 11) is 0. The lowest BCUT2D eigenvalue weighted by molar-refractivity contribution is -0.137. The number of rotatable bonds is 5. The molecule has 8 heteroatoms. The van der Waals surface area contributed by atoms with Gasteiger partial charge in [-0.1, -0.05) is 50.6 Å². The molecule has 0 bridgehead atoms. The van der Waals surface area contributed by atoms with Gasteiger partial charge in [-0.15, -0.1) is 0 Å². The Bertz CT molecular complexity index is 1030. The van der Waals surface area contributed by atoms with Crippen molar-refractivity contribution in [1.82, 2.24) is 15.1 Å². The first-order chi connectivity index (χ1) is 16.1. The first kappa shape index (κ1) is 24.3. The summed E-state index contributed by atoms with van der Waals surface area (Å²) >= 11 is 0. The van der Waals surface area contributed by atoms with Gasteiger partial charge in [0.1, 0.15) is 0 Å². The topological polar surface area (TPSA) is 52.7 Å². The molecule has 2 atom stereocenters. The second-order valence-electron chi connectivity index (χ2n) is 9.32. The SMILES string of the molecule is CC[C@H](C)[C@@H]1NC2(CCN(C(=O)c3ccccc3)CC2)N(Cc2cccc(C(F)(F)F)c2)C1=O. The maximum Gasteiger partial charge on any atom is 0.416 e. The minimum atomic E-state index is -4.44.